The first-order valence-electron chi connectivity index (χ1n) is 11.9. The van der Waals surface area contributed by atoms with Crippen LogP contribution < -0.4 is 5.32 Å². The van der Waals surface area contributed by atoms with E-state index in [1.54, 1.807) is 23.1 Å². The second-order valence-corrected chi connectivity index (χ2v) is 9.08. The van der Waals surface area contributed by atoms with E-state index in [0.29, 0.717) is 13.2 Å². The molecule has 9 nitrogen and oxygen atoms in total. The van der Waals surface area contributed by atoms with E-state index in [0.717, 1.165) is 12.8 Å². The van der Waals surface area contributed by atoms with Crippen LogP contribution in [0.15, 0.2) is 47.1 Å². The van der Waals surface area contributed by atoms with Gasteiger partial charge in [-0.3, -0.25) is 19.3 Å². The van der Waals surface area contributed by atoms with Gasteiger partial charge in [0.05, 0.1) is 24.5 Å². The average molecular weight is 486 g/mol. The fourth-order valence-corrected chi connectivity index (χ4v) is 5.09. The molecule has 3 aliphatic rings. The molecule has 5 rings (SSSR count). The Morgan fingerprint density at radius 1 is 1.09 bits per heavy atom. The van der Waals surface area contributed by atoms with Crippen molar-refractivity contribution in [3.05, 3.63) is 59.8 Å². The van der Waals surface area contributed by atoms with E-state index in [2.05, 4.69) is 5.32 Å². The molecule has 1 aromatic heterocycles. The van der Waals surface area contributed by atoms with Gasteiger partial charge in [-0.25, -0.2) is 4.39 Å². The highest BCUT2D eigenvalue weighted by molar-refractivity contribution is 5.97. The largest absolute Gasteiger partial charge is 0.459 e. The standard InChI is InChI=1S/C25H28FN3O6/c26-19-7-2-1-6-18(19)23(31)28-11-9-25(10-12-28)29(24(32)21-8-4-14-34-21)20(16-35-25)22(30)27-15-17-5-3-13-33-17/h1-2,4,6-8,14,17,20H,3,5,9-13,15-16H2,(H,27,30). The number of nitrogens with one attached hydrogen (secondary N) is 1. The van der Waals surface area contributed by atoms with Crippen LogP contribution in [0.2, 0.25) is 0 Å². The molecular weight excluding hydrogens is 457 g/mol. The summed E-state index contributed by atoms with van der Waals surface area (Å²) >= 11 is 0. The monoisotopic (exact) mass is 485 g/mol. The normalized spacial score (nSPS) is 23.6. The van der Waals surface area contributed by atoms with Gasteiger partial charge in [0, 0.05) is 39.1 Å². The van der Waals surface area contributed by atoms with Gasteiger partial charge >= 0.3 is 0 Å². The van der Waals surface area contributed by atoms with Crippen LogP contribution >= 0.6 is 0 Å². The third-order valence-electron chi connectivity index (χ3n) is 6.98. The van der Waals surface area contributed by atoms with Crippen molar-refractivity contribution < 1.29 is 32.7 Å². The smallest absolute Gasteiger partial charge is 0.292 e. The zero-order valence-corrected chi connectivity index (χ0v) is 19.3. The number of amides is 3. The molecule has 3 aliphatic heterocycles. The Morgan fingerprint density at radius 2 is 1.89 bits per heavy atom. The predicted octanol–water partition coefficient (Wildman–Crippen LogP) is 2.19. The van der Waals surface area contributed by atoms with E-state index >= 15 is 0 Å². The molecule has 2 aromatic rings. The second kappa shape index (κ2) is 9.79. The molecule has 0 aliphatic carbocycles. The zero-order valence-electron chi connectivity index (χ0n) is 19.3. The number of rotatable bonds is 5. The number of furan rings is 1. The summed E-state index contributed by atoms with van der Waals surface area (Å²) in [4.78, 5) is 42.5. The summed E-state index contributed by atoms with van der Waals surface area (Å²) in [5.74, 6) is -1.64. The molecule has 1 N–H and O–H groups in total. The first kappa shape index (κ1) is 23.5. The minimum absolute atomic E-state index is 0.00527. The molecular formula is C25H28FN3O6. The predicted molar refractivity (Wildman–Crippen MR) is 121 cm³/mol. The summed E-state index contributed by atoms with van der Waals surface area (Å²) in [6, 6.07) is 8.17. The minimum atomic E-state index is -1.07. The Morgan fingerprint density at radius 3 is 2.57 bits per heavy atom. The van der Waals surface area contributed by atoms with E-state index in [4.69, 9.17) is 13.9 Å². The Labute approximate surface area is 202 Å². The third kappa shape index (κ3) is 4.55. The average Bonchev–Trinajstić information content (AvgIpc) is 3.65. The number of benzene rings is 1. The molecule has 1 spiro atoms. The molecule has 1 aromatic carbocycles. The van der Waals surface area contributed by atoms with E-state index < -0.39 is 29.4 Å². The Kier molecular flexibility index (Phi) is 6.57. The fraction of sp³-hybridized carbons (Fsp3) is 0.480. The van der Waals surface area contributed by atoms with Gasteiger partial charge in [-0.05, 0) is 37.1 Å². The van der Waals surface area contributed by atoms with Gasteiger partial charge in [0.25, 0.3) is 11.8 Å². The van der Waals surface area contributed by atoms with Gasteiger partial charge in [0.15, 0.2) is 5.76 Å². The third-order valence-corrected chi connectivity index (χ3v) is 6.98. The molecule has 3 saturated heterocycles. The van der Waals surface area contributed by atoms with Crippen molar-refractivity contribution in [3.8, 4) is 0 Å². The Balaban J connectivity index is 1.32. The van der Waals surface area contributed by atoms with Gasteiger partial charge in [0.2, 0.25) is 5.91 Å². The highest BCUT2D eigenvalue weighted by Crippen LogP contribution is 2.39. The van der Waals surface area contributed by atoms with Crippen molar-refractivity contribution >= 4 is 17.7 Å². The molecule has 3 amide bonds. The van der Waals surface area contributed by atoms with Crippen LogP contribution in [0.1, 0.15) is 46.6 Å². The van der Waals surface area contributed by atoms with Crippen LogP contribution in [0.25, 0.3) is 0 Å². The first-order valence-corrected chi connectivity index (χ1v) is 11.9. The molecule has 186 valence electrons. The number of halogens is 1. The van der Waals surface area contributed by atoms with Crippen molar-refractivity contribution in [1.29, 1.82) is 0 Å². The topological polar surface area (TPSA) is 101 Å². The number of carbonyl (C=O) groups excluding carboxylic acids is 3. The fourth-order valence-electron chi connectivity index (χ4n) is 5.09. The zero-order chi connectivity index (χ0) is 24.4. The maximum Gasteiger partial charge on any atom is 0.292 e. The number of nitrogens with zero attached hydrogens (tertiary/aromatic N) is 2. The first-order chi connectivity index (χ1) is 17.0. The molecule has 0 bridgehead atoms. The molecule has 2 atom stereocenters. The molecule has 4 heterocycles. The van der Waals surface area contributed by atoms with E-state index in [9.17, 15) is 18.8 Å². The molecule has 0 radical (unpaired) electrons. The van der Waals surface area contributed by atoms with Crippen LogP contribution in [-0.4, -0.2) is 78.2 Å². The van der Waals surface area contributed by atoms with Crippen molar-refractivity contribution in [1.82, 2.24) is 15.1 Å². The number of hydrogen-bond acceptors (Lipinski definition) is 6. The molecule has 35 heavy (non-hydrogen) atoms. The van der Waals surface area contributed by atoms with Crippen LogP contribution in [-0.2, 0) is 14.3 Å². The lowest BCUT2D eigenvalue weighted by Gasteiger charge is -2.44. The lowest BCUT2D eigenvalue weighted by Crippen LogP contribution is -2.60. The second-order valence-electron chi connectivity index (χ2n) is 9.08. The number of carbonyl (C=O) groups is 3. The van der Waals surface area contributed by atoms with Crippen molar-refractivity contribution in [3.63, 3.8) is 0 Å². The van der Waals surface area contributed by atoms with Gasteiger partial charge in [0.1, 0.15) is 17.6 Å². The van der Waals surface area contributed by atoms with E-state index in [1.165, 1.54) is 29.4 Å². The highest BCUT2D eigenvalue weighted by Gasteiger charge is 2.54. The number of piperidine rings is 1. The molecule has 0 saturated carbocycles. The summed E-state index contributed by atoms with van der Waals surface area (Å²) in [5, 5.41) is 2.90. The maximum atomic E-state index is 14.2. The summed E-state index contributed by atoms with van der Waals surface area (Å²) in [6.45, 7) is 1.58. The van der Waals surface area contributed by atoms with Gasteiger partial charge in [-0.2, -0.15) is 0 Å². The Hall–Kier alpha value is -3.24. The number of likely N-dealkylation sites (tertiary alicyclic amines) is 1. The van der Waals surface area contributed by atoms with Crippen LogP contribution in [0.5, 0.6) is 0 Å². The van der Waals surface area contributed by atoms with Gasteiger partial charge in [-0.15, -0.1) is 0 Å². The van der Waals surface area contributed by atoms with Crippen molar-refractivity contribution in [2.24, 2.45) is 0 Å². The summed E-state index contributed by atoms with van der Waals surface area (Å²) < 4.78 is 31.2. The van der Waals surface area contributed by atoms with Crippen molar-refractivity contribution in [2.75, 3.05) is 32.8 Å². The lowest BCUT2D eigenvalue weighted by atomic mass is 9.96. The van der Waals surface area contributed by atoms with Gasteiger partial charge in [-0.1, -0.05) is 12.1 Å². The SMILES string of the molecule is O=C(NCC1CCCO1)C1COC2(CCN(C(=O)c3ccccc3F)CC2)N1C(=O)c1ccco1. The lowest BCUT2D eigenvalue weighted by molar-refractivity contribution is -0.128. The van der Waals surface area contributed by atoms with Crippen molar-refractivity contribution in [2.45, 2.75) is 43.6 Å². The number of hydrogen-bond donors (Lipinski definition) is 1. The highest BCUT2D eigenvalue weighted by atomic mass is 19.1. The number of ether oxygens (including phenoxy) is 2. The van der Waals surface area contributed by atoms with Gasteiger partial charge < -0.3 is 24.1 Å². The molecule has 2 unspecified atom stereocenters. The summed E-state index contributed by atoms with van der Waals surface area (Å²) in [5.41, 5.74) is -1.06. The quantitative estimate of drug-likeness (QED) is 0.697. The van der Waals surface area contributed by atoms with E-state index in [1.807, 2.05) is 0 Å². The summed E-state index contributed by atoms with van der Waals surface area (Å²) in [7, 11) is 0. The van der Waals surface area contributed by atoms with Crippen LogP contribution in [0.3, 0.4) is 0 Å². The maximum absolute atomic E-state index is 14.2. The summed E-state index contributed by atoms with van der Waals surface area (Å²) in [6.07, 6.45) is 3.79. The minimum Gasteiger partial charge on any atom is -0.459 e. The molecule has 10 heteroatoms. The molecule has 3 fully saturated rings. The van der Waals surface area contributed by atoms with E-state index in [-0.39, 0.29) is 55.9 Å². The Bertz CT molecular complexity index is 1080. The van der Waals surface area contributed by atoms with Crippen LogP contribution in [0.4, 0.5) is 4.39 Å². The van der Waals surface area contributed by atoms with Crippen LogP contribution in [0, 0.1) is 5.82 Å².